The zero-order chi connectivity index (χ0) is 6.85. The van der Waals surface area contributed by atoms with E-state index in [0.717, 1.165) is 5.56 Å². The van der Waals surface area contributed by atoms with Crippen LogP contribution in [0.3, 0.4) is 0 Å². The molecule has 0 fully saturated rings. The lowest BCUT2D eigenvalue weighted by atomic mass is 10.2. The maximum Gasteiger partial charge on any atom is 0.0963 e. The third-order valence-electron chi connectivity index (χ3n) is 1.19. The molecule has 0 unspecified atom stereocenters. The van der Waals surface area contributed by atoms with E-state index < -0.39 is 0 Å². The maximum absolute atomic E-state index is 9.00. The lowest BCUT2D eigenvalue weighted by Gasteiger charge is -2.10. The van der Waals surface area contributed by atoms with Crippen molar-refractivity contribution in [1.82, 2.24) is 0 Å². The van der Waals surface area contributed by atoms with Crippen molar-refractivity contribution in [2.24, 2.45) is 0 Å². The third kappa shape index (κ3) is 1.13. The van der Waals surface area contributed by atoms with Crippen LogP contribution in [-0.4, -0.2) is 5.11 Å². The van der Waals surface area contributed by atoms with Gasteiger partial charge in [-0.25, -0.2) is 0 Å². The molecule has 0 saturated carbocycles. The zero-order valence-corrected chi connectivity index (χ0v) is 5.90. The Hall–Kier alpha value is -0.760. The fourth-order valence-corrected chi connectivity index (χ4v) is 0.773. The molecule has 0 bridgehead atoms. The number of aromatic hydroxyl groups is 1. The Labute approximate surface area is 59.7 Å². The van der Waals surface area contributed by atoms with Crippen molar-refractivity contribution in [2.75, 3.05) is 0 Å². The van der Waals surface area contributed by atoms with Crippen LogP contribution in [0.4, 0.5) is 0 Å². The van der Waals surface area contributed by atoms with Crippen LogP contribution >= 0.6 is 0 Å². The van der Waals surface area contributed by atoms with Gasteiger partial charge in [0, 0.05) is 0 Å². The van der Waals surface area contributed by atoms with E-state index in [9.17, 15) is 0 Å². The Balaban J connectivity index is 3.25. The number of phenols is 1. The van der Waals surface area contributed by atoms with Gasteiger partial charge in [0.1, 0.15) is 0 Å². The molecule has 0 saturated heterocycles. The number of benzene rings is 1. The average molecular weight is 139 g/mol. The van der Waals surface area contributed by atoms with Crippen LogP contribution in [0.25, 0.3) is 0 Å². The summed E-state index contributed by atoms with van der Waals surface area (Å²) in [4.78, 5) is 0.553. The molecule has 1 nitrogen and oxygen atoms in total. The average Bonchev–Trinajstić information content (AvgIpc) is 1.83. The van der Waals surface area contributed by atoms with Gasteiger partial charge in [0.05, 0.1) is 5.75 Å². The van der Waals surface area contributed by atoms with Crippen molar-refractivity contribution < 1.29 is 5.11 Å². The fraction of sp³-hybridized carbons (Fsp3) is 0.143. The van der Waals surface area contributed by atoms with Crippen molar-refractivity contribution in [1.29, 1.82) is 0 Å². The standard InChI is InChI=1S/C7H8OS/c1-5-3-2-4-6(8)7(5)9/h2-4,8-9H,1H3/p-1. The molecule has 0 amide bonds. The molecule has 1 N–H and O–H groups in total. The van der Waals surface area contributed by atoms with E-state index >= 15 is 0 Å². The SMILES string of the molecule is Cc1cccc(O)c1[S-]. The van der Waals surface area contributed by atoms with Crippen LogP contribution < -0.4 is 0 Å². The number of hydrogen-bond donors (Lipinski definition) is 1. The summed E-state index contributed by atoms with van der Waals surface area (Å²) < 4.78 is 0. The van der Waals surface area contributed by atoms with E-state index in [1.807, 2.05) is 13.0 Å². The van der Waals surface area contributed by atoms with Crippen molar-refractivity contribution in [3.8, 4) is 5.75 Å². The zero-order valence-electron chi connectivity index (χ0n) is 5.09. The summed E-state index contributed by atoms with van der Waals surface area (Å²) in [5.41, 5.74) is 0.949. The first-order valence-electron chi connectivity index (χ1n) is 2.67. The van der Waals surface area contributed by atoms with Gasteiger partial charge in [-0.3, -0.25) is 0 Å². The molecule has 0 aliphatic rings. The van der Waals surface area contributed by atoms with Gasteiger partial charge in [-0.05, 0) is 13.0 Å². The van der Waals surface area contributed by atoms with Crippen molar-refractivity contribution >= 4 is 12.6 Å². The molecule has 2 heteroatoms. The first kappa shape index (κ1) is 6.36. The summed E-state index contributed by atoms with van der Waals surface area (Å²) in [7, 11) is 0. The quantitative estimate of drug-likeness (QED) is 0.551. The highest BCUT2D eigenvalue weighted by molar-refractivity contribution is 7.59. The molecule has 0 spiro atoms. The van der Waals surface area contributed by atoms with Gasteiger partial charge in [0.2, 0.25) is 0 Å². The molecule has 1 aromatic carbocycles. The van der Waals surface area contributed by atoms with Gasteiger partial charge >= 0.3 is 0 Å². The first-order valence-corrected chi connectivity index (χ1v) is 3.08. The van der Waals surface area contributed by atoms with Crippen LogP contribution in [0.1, 0.15) is 5.56 Å². The predicted molar refractivity (Wildman–Crippen MR) is 38.5 cm³/mol. The van der Waals surface area contributed by atoms with Crippen LogP contribution in [0.2, 0.25) is 0 Å². The molecular formula is C7H7OS-. The summed E-state index contributed by atoms with van der Waals surface area (Å²) in [5.74, 6) is 0.199. The van der Waals surface area contributed by atoms with Gasteiger partial charge in [0.25, 0.3) is 0 Å². The second kappa shape index (κ2) is 2.23. The molecule has 0 aliphatic carbocycles. The minimum Gasteiger partial charge on any atom is -0.776 e. The molecule has 0 heterocycles. The van der Waals surface area contributed by atoms with Gasteiger partial charge < -0.3 is 17.7 Å². The van der Waals surface area contributed by atoms with Crippen molar-refractivity contribution in [2.45, 2.75) is 11.8 Å². The Bertz CT molecular complexity index is 200. The second-order valence-corrected chi connectivity index (χ2v) is 2.33. The maximum atomic E-state index is 9.00. The van der Waals surface area contributed by atoms with Crippen LogP contribution in [-0.2, 0) is 12.6 Å². The third-order valence-corrected chi connectivity index (χ3v) is 1.72. The molecular weight excluding hydrogens is 132 g/mol. The molecule has 0 radical (unpaired) electrons. The molecule has 0 aliphatic heterocycles. The van der Waals surface area contributed by atoms with Gasteiger partial charge in [-0.2, -0.15) is 0 Å². The predicted octanol–water partition coefficient (Wildman–Crippen LogP) is 1.61. The normalized spacial score (nSPS) is 9.44. The monoisotopic (exact) mass is 139 g/mol. The lowest BCUT2D eigenvalue weighted by Crippen LogP contribution is -1.77. The smallest absolute Gasteiger partial charge is 0.0963 e. The highest BCUT2D eigenvalue weighted by Crippen LogP contribution is 2.18. The van der Waals surface area contributed by atoms with Crippen molar-refractivity contribution in [3.63, 3.8) is 0 Å². The van der Waals surface area contributed by atoms with Crippen molar-refractivity contribution in [3.05, 3.63) is 23.8 Å². The summed E-state index contributed by atoms with van der Waals surface area (Å²) in [6, 6.07) is 5.25. The highest BCUT2D eigenvalue weighted by Gasteiger charge is 1.87. The Morgan fingerprint density at radius 2 is 2.11 bits per heavy atom. The minimum atomic E-state index is 0.199. The largest absolute Gasteiger partial charge is 0.776 e. The molecule has 1 rings (SSSR count). The van der Waals surface area contributed by atoms with Crippen LogP contribution in [0, 0.1) is 6.92 Å². The van der Waals surface area contributed by atoms with E-state index in [-0.39, 0.29) is 5.75 Å². The van der Waals surface area contributed by atoms with E-state index in [4.69, 9.17) is 17.7 Å². The fourth-order valence-electron chi connectivity index (χ4n) is 0.637. The summed E-state index contributed by atoms with van der Waals surface area (Å²) >= 11 is 4.84. The van der Waals surface area contributed by atoms with Gasteiger partial charge in [-0.15, -0.1) is 4.90 Å². The summed E-state index contributed by atoms with van der Waals surface area (Å²) in [6.07, 6.45) is 0. The van der Waals surface area contributed by atoms with E-state index in [0.29, 0.717) is 4.90 Å². The lowest BCUT2D eigenvalue weighted by molar-refractivity contribution is 0.461. The topological polar surface area (TPSA) is 20.2 Å². The summed E-state index contributed by atoms with van der Waals surface area (Å²) in [5, 5.41) is 9.00. The van der Waals surface area contributed by atoms with E-state index in [1.165, 1.54) is 0 Å². The Morgan fingerprint density at radius 1 is 1.44 bits per heavy atom. The molecule has 9 heavy (non-hydrogen) atoms. The molecule has 48 valence electrons. The molecule has 1 aromatic rings. The first-order chi connectivity index (χ1) is 4.22. The highest BCUT2D eigenvalue weighted by atomic mass is 32.1. The summed E-state index contributed by atoms with van der Waals surface area (Å²) in [6.45, 7) is 1.88. The van der Waals surface area contributed by atoms with E-state index in [2.05, 4.69) is 0 Å². The van der Waals surface area contributed by atoms with Gasteiger partial charge in [0.15, 0.2) is 0 Å². The number of phenolic OH excluding ortho intramolecular Hbond substituents is 1. The molecule has 0 aromatic heterocycles. The number of hydrogen-bond acceptors (Lipinski definition) is 2. The Morgan fingerprint density at radius 3 is 2.56 bits per heavy atom. The number of aryl methyl sites for hydroxylation is 1. The second-order valence-electron chi connectivity index (χ2n) is 1.92. The Kier molecular flexibility index (Phi) is 1.58. The molecule has 0 atom stereocenters. The van der Waals surface area contributed by atoms with Gasteiger partial charge in [-0.1, -0.05) is 17.7 Å². The van der Waals surface area contributed by atoms with Crippen LogP contribution in [0.5, 0.6) is 5.75 Å². The van der Waals surface area contributed by atoms with E-state index in [1.54, 1.807) is 12.1 Å². The number of rotatable bonds is 0. The van der Waals surface area contributed by atoms with Crippen LogP contribution in [0.15, 0.2) is 23.1 Å². The minimum absolute atomic E-state index is 0.199.